The molecule has 3 heteroatoms. The van der Waals surface area contributed by atoms with Crippen LogP contribution in [0, 0.1) is 5.92 Å². The highest BCUT2D eigenvalue weighted by atomic mass is 16.1. The Morgan fingerprint density at radius 2 is 2.00 bits per heavy atom. The third kappa shape index (κ3) is 4.97. The summed E-state index contributed by atoms with van der Waals surface area (Å²) in [5, 5.41) is 3.10. The zero-order chi connectivity index (χ0) is 12.2. The normalized spacial score (nSPS) is 19.8. The lowest BCUT2D eigenvalue weighted by Crippen LogP contribution is -2.39. The van der Waals surface area contributed by atoms with E-state index >= 15 is 0 Å². The molecule has 0 aromatic heterocycles. The molecular formula is C13H26N2O. The number of rotatable bonds is 5. The lowest BCUT2D eigenvalue weighted by molar-refractivity contribution is -0.122. The van der Waals surface area contributed by atoms with Crippen LogP contribution in [0.1, 0.15) is 59.3 Å². The van der Waals surface area contributed by atoms with E-state index in [1.165, 1.54) is 25.7 Å². The summed E-state index contributed by atoms with van der Waals surface area (Å²) < 4.78 is 0. The second-order valence-corrected chi connectivity index (χ2v) is 5.89. The summed E-state index contributed by atoms with van der Waals surface area (Å²) in [5.74, 6) is 0.841. The first-order valence-electron chi connectivity index (χ1n) is 6.47. The molecule has 3 nitrogen and oxygen atoms in total. The van der Waals surface area contributed by atoms with Gasteiger partial charge in [-0.05, 0) is 46.0 Å². The molecule has 16 heavy (non-hydrogen) atoms. The SMILES string of the molecule is C[C@@H](NC(=O)CCC(C)(C)N)C1CCCC1. The first-order valence-corrected chi connectivity index (χ1v) is 6.47. The van der Waals surface area contributed by atoms with Gasteiger partial charge >= 0.3 is 0 Å². The Bertz CT molecular complexity index is 227. The molecule has 1 saturated carbocycles. The predicted molar refractivity (Wildman–Crippen MR) is 67.1 cm³/mol. The third-order valence-electron chi connectivity index (χ3n) is 3.49. The van der Waals surface area contributed by atoms with Crippen molar-refractivity contribution in [1.29, 1.82) is 0 Å². The molecule has 0 aromatic carbocycles. The smallest absolute Gasteiger partial charge is 0.220 e. The highest BCUT2D eigenvalue weighted by molar-refractivity contribution is 5.76. The Kier molecular flexibility index (Phi) is 4.78. The second-order valence-electron chi connectivity index (χ2n) is 5.89. The Hall–Kier alpha value is -0.570. The summed E-state index contributed by atoms with van der Waals surface area (Å²) in [4.78, 5) is 11.7. The van der Waals surface area contributed by atoms with E-state index < -0.39 is 0 Å². The number of carbonyl (C=O) groups excluding carboxylic acids is 1. The van der Waals surface area contributed by atoms with Crippen LogP contribution in [0.5, 0.6) is 0 Å². The molecular weight excluding hydrogens is 200 g/mol. The quantitative estimate of drug-likeness (QED) is 0.755. The molecule has 1 aliphatic carbocycles. The molecule has 0 aromatic rings. The maximum Gasteiger partial charge on any atom is 0.220 e. The summed E-state index contributed by atoms with van der Waals surface area (Å²) in [5.41, 5.74) is 5.61. The number of hydrogen-bond donors (Lipinski definition) is 2. The fraction of sp³-hybridized carbons (Fsp3) is 0.923. The van der Waals surface area contributed by atoms with Gasteiger partial charge in [-0.15, -0.1) is 0 Å². The number of carbonyl (C=O) groups is 1. The number of amides is 1. The summed E-state index contributed by atoms with van der Waals surface area (Å²) in [7, 11) is 0. The van der Waals surface area contributed by atoms with Crippen LogP contribution in [-0.4, -0.2) is 17.5 Å². The van der Waals surface area contributed by atoms with Gasteiger partial charge in [0.1, 0.15) is 0 Å². The molecule has 1 rings (SSSR count). The van der Waals surface area contributed by atoms with Crippen LogP contribution in [0.3, 0.4) is 0 Å². The van der Waals surface area contributed by atoms with Crippen molar-refractivity contribution in [2.24, 2.45) is 11.7 Å². The molecule has 1 fully saturated rings. The number of nitrogens with one attached hydrogen (secondary N) is 1. The second kappa shape index (κ2) is 5.67. The van der Waals surface area contributed by atoms with E-state index in [9.17, 15) is 4.79 Å². The van der Waals surface area contributed by atoms with E-state index in [4.69, 9.17) is 5.73 Å². The summed E-state index contributed by atoms with van der Waals surface area (Å²) >= 11 is 0. The van der Waals surface area contributed by atoms with Gasteiger partial charge in [-0.25, -0.2) is 0 Å². The van der Waals surface area contributed by atoms with Gasteiger partial charge in [0, 0.05) is 18.0 Å². The van der Waals surface area contributed by atoms with Crippen LogP contribution in [0.25, 0.3) is 0 Å². The number of hydrogen-bond acceptors (Lipinski definition) is 2. The van der Waals surface area contributed by atoms with E-state index in [0.717, 1.165) is 6.42 Å². The summed E-state index contributed by atoms with van der Waals surface area (Å²) in [6.45, 7) is 6.04. The minimum absolute atomic E-state index is 0.151. The lowest BCUT2D eigenvalue weighted by Gasteiger charge is -2.22. The van der Waals surface area contributed by atoms with Crippen LogP contribution in [0.4, 0.5) is 0 Å². The van der Waals surface area contributed by atoms with E-state index in [1.807, 2.05) is 13.8 Å². The summed E-state index contributed by atoms with van der Waals surface area (Å²) in [6, 6.07) is 0.330. The van der Waals surface area contributed by atoms with Crippen molar-refractivity contribution >= 4 is 5.91 Å². The van der Waals surface area contributed by atoms with Crippen LogP contribution < -0.4 is 11.1 Å². The highest BCUT2D eigenvalue weighted by Gasteiger charge is 2.23. The Morgan fingerprint density at radius 1 is 1.44 bits per heavy atom. The first-order chi connectivity index (χ1) is 7.38. The fourth-order valence-electron chi connectivity index (χ4n) is 2.34. The van der Waals surface area contributed by atoms with Crippen LogP contribution in [-0.2, 0) is 4.79 Å². The standard InChI is InChI=1S/C13H26N2O/c1-10(11-6-4-5-7-11)15-12(16)8-9-13(2,3)14/h10-11H,4-9,14H2,1-3H3,(H,15,16)/t10-/m1/s1. The Labute approximate surface area is 99.2 Å². The van der Waals surface area contributed by atoms with Crippen molar-refractivity contribution in [3.8, 4) is 0 Å². The Morgan fingerprint density at radius 3 is 2.50 bits per heavy atom. The zero-order valence-electron chi connectivity index (χ0n) is 10.9. The molecule has 0 radical (unpaired) electrons. The van der Waals surface area contributed by atoms with E-state index in [-0.39, 0.29) is 11.4 Å². The van der Waals surface area contributed by atoms with Crippen molar-refractivity contribution in [3.05, 3.63) is 0 Å². The molecule has 0 unspecified atom stereocenters. The van der Waals surface area contributed by atoms with Gasteiger partial charge in [0.15, 0.2) is 0 Å². The molecule has 0 aliphatic heterocycles. The predicted octanol–water partition coefficient (Wildman–Crippen LogP) is 2.20. The maximum atomic E-state index is 11.7. The van der Waals surface area contributed by atoms with E-state index in [1.54, 1.807) is 0 Å². The molecule has 94 valence electrons. The van der Waals surface area contributed by atoms with Crippen LogP contribution in [0.2, 0.25) is 0 Å². The van der Waals surface area contributed by atoms with Gasteiger partial charge < -0.3 is 11.1 Å². The molecule has 3 N–H and O–H groups in total. The average molecular weight is 226 g/mol. The van der Waals surface area contributed by atoms with Crippen molar-refractivity contribution in [1.82, 2.24) is 5.32 Å². The molecule has 0 bridgehead atoms. The average Bonchev–Trinajstić information content (AvgIpc) is 2.66. The fourth-order valence-corrected chi connectivity index (χ4v) is 2.34. The minimum Gasteiger partial charge on any atom is -0.353 e. The molecule has 1 atom stereocenters. The monoisotopic (exact) mass is 226 g/mol. The molecule has 1 aliphatic rings. The molecule has 0 saturated heterocycles. The third-order valence-corrected chi connectivity index (χ3v) is 3.49. The van der Waals surface area contributed by atoms with Crippen molar-refractivity contribution in [2.75, 3.05) is 0 Å². The van der Waals surface area contributed by atoms with Gasteiger partial charge in [0.05, 0.1) is 0 Å². The van der Waals surface area contributed by atoms with Crippen LogP contribution in [0.15, 0.2) is 0 Å². The number of nitrogens with two attached hydrogens (primary N) is 1. The van der Waals surface area contributed by atoms with Crippen molar-refractivity contribution in [3.63, 3.8) is 0 Å². The molecule has 0 heterocycles. The van der Waals surface area contributed by atoms with Gasteiger partial charge in [-0.2, -0.15) is 0 Å². The van der Waals surface area contributed by atoms with E-state index in [2.05, 4.69) is 12.2 Å². The van der Waals surface area contributed by atoms with Crippen molar-refractivity contribution in [2.45, 2.75) is 70.9 Å². The maximum absolute atomic E-state index is 11.7. The van der Waals surface area contributed by atoms with Gasteiger partial charge in [0.2, 0.25) is 5.91 Å². The first kappa shape index (κ1) is 13.5. The zero-order valence-corrected chi connectivity index (χ0v) is 10.9. The van der Waals surface area contributed by atoms with Gasteiger partial charge in [0.25, 0.3) is 0 Å². The van der Waals surface area contributed by atoms with Crippen molar-refractivity contribution < 1.29 is 4.79 Å². The largest absolute Gasteiger partial charge is 0.353 e. The van der Waals surface area contributed by atoms with E-state index in [0.29, 0.717) is 18.4 Å². The van der Waals surface area contributed by atoms with Gasteiger partial charge in [-0.1, -0.05) is 12.8 Å². The minimum atomic E-state index is -0.242. The molecule has 0 spiro atoms. The Balaban J connectivity index is 2.22. The molecule has 1 amide bonds. The highest BCUT2D eigenvalue weighted by Crippen LogP contribution is 2.27. The van der Waals surface area contributed by atoms with Crippen LogP contribution >= 0.6 is 0 Å². The summed E-state index contributed by atoms with van der Waals surface area (Å²) in [6.07, 6.45) is 6.46. The lowest BCUT2D eigenvalue weighted by atomic mass is 9.98. The topological polar surface area (TPSA) is 55.1 Å². The van der Waals surface area contributed by atoms with Gasteiger partial charge in [-0.3, -0.25) is 4.79 Å².